The minimum atomic E-state index is -0.0392. The van der Waals surface area contributed by atoms with Crippen LogP contribution in [0.15, 0.2) is 0 Å². The summed E-state index contributed by atoms with van der Waals surface area (Å²) in [5, 5.41) is 9.46. The summed E-state index contributed by atoms with van der Waals surface area (Å²) in [5.41, 5.74) is 0.883. The first-order valence-corrected chi connectivity index (χ1v) is 7.08. The van der Waals surface area contributed by atoms with Gasteiger partial charge in [0.05, 0.1) is 12.0 Å². The van der Waals surface area contributed by atoms with E-state index in [1.807, 2.05) is 13.8 Å². The van der Waals surface area contributed by atoms with Crippen molar-refractivity contribution in [2.24, 2.45) is 5.92 Å². The van der Waals surface area contributed by atoms with Gasteiger partial charge in [-0.3, -0.25) is 0 Å². The highest BCUT2D eigenvalue weighted by Gasteiger charge is 2.16. The molecule has 0 spiro atoms. The largest absolute Gasteiger partial charge is 0.355 e. The summed E-state index contributed by atoms with van der Waals surface area (Å²) in [6.07, 6.45) is 1.80. The Morgan fingerprint density at radius 1 is 1.37 bits per heavy atom. The highest BCUT2D eigenvalue weighted by molar-refractivity contribution is 6.30. The lowest BCUT2D eigenvalue weighted by molar-refractivity contribution is 0.672. The zero-order chi connectivity index (χ0) is 14.4. The summed E-state index contributed by atoms with van der Waals surface area (Å²) in [6, 6.07) is 2.26. The zero-order valence-corrected chi connectivity index (χ0v) is 12.8. The molecular weight excluding hydrogens is 260 g/mol. The van der Waals surface area contributed by atoms with Crippen molar-refractivity contribution in [1.82, 2.24) is 9.97 Å². The second-order valence-electron chi connectivity index (χ2n) is 4.70. The predicted molar refractivity (Wildman–Crippen MR) is 78.4 cm³/mol. The summed E-state index contributed by atoms with van der Waals surface area (Å²) in [6.45, 7) is 9.44. The van der Waals surface area contributed by atoms with Gasteiger partial charge in [-0.25, -0.2) is 9.97 Å². The van der Waals surface area contributed by atoms with Crippen LogP contribution in [0.4, 0.5) is 5.82 Å². The van der Waals surface area contributed by atoms with Crippen LogP contribution in [-0.2, 0) is 6.42 Å². The van der Waals surface area contributed by atoms with Crippen LogP contribution in [-0.4, -0.2) is 23.1 Å². The average molecular weight is 281 g/mol. The van der Waals surface area contributed by atoms with E-state index in [1.54, 1.807) is 0 Å². The van der Waals surface area contributed by atoms with Gasteiger partial charge in [0.25, 0.3) is 0 Å². The number of halogens is 1. The molecule has 0 aliphatic carbocycles. The van der Waals surface area contributed by atoms with E-state index in [-0.39, 0.29) is 5.92 Å². The minimum absolute atomic E-state index is 0.0392. The fourth-order valence-corrected chi connectivity index (χ4v) is 2.08. The molecule has 0 saturated heterocycles. The summed E-state index contributed by atoms with van der Waals surface area (Å²) >= 11 is 6.18. The first-order chi connectivity index (χ1) is 9.03. The number of nitriles is 1. The van der Waals surface area contributed by atoms with Crippen molar-refractivity contribution in [2.45, 2.75) is 40.5 Å². The van der Waals surface area contributed by atoms with Crippen molar-refractivity contribution in [3.05, 3.63) is 16.5 Å². The van der Waals surface area contributed by atoms with Gasteiger partial charge in [-0.15, -0.1) is 0 Å². The zero-order valence-electron chi connectivity index (χ0n) is 12.1. The topological polar surface area (TPSA) is 52.8 Å². The molecule has 104 valence electrons. The molecule has 5 heteroatoms. The highest BCUT2D eigenvalue weighted by Crippen LogP contribution is 2.24. The van der Waals surface area contributed by atoms with Crippen LogP contribution in [0.1, 0.15) is 38.6 Å². The van der Waals surface area contributed by atoms with Gasteiger partial charge in [-0.1, -0.05) is 18.5 Å². The maximum Gasteiger partial charge on any atom is 0.137 e. The molecule has 19 heavy (non-hydrogen) atoms. The molecule has 0 radical (unpaired) electrons. The van der Waals surface area contributed by atoms with E-state index in [4.69, 9.17) is 16.9 Å². The minimum Gasteiger partial charge on any atom is -0.355 e. The first-order valence-electron chi connectivity index (χ1n) is 6.71. The SMILES string of the molecule is CCCc1nc(Cl)c(C)c(N(CC)CC(C)C#N)n1. The number of hydrogen-bond acceptors (Lipinski definition) is 4. The van der Waals surface area contributed by atoms with Crippen molar-refractivity contribution >= 4 is 17.4 Å². The Balaban J connectivity index is 3.11. The van der Waals surface area contributed by atoms with Gasteiger partial charge in [-0.2, -0.15) is 5.26 Å². The maximum atomic E-state index is 8.95. The molecule has 0 amide bonds. The van der Waals surface area contributed by atoms with Crippen LogP contribution in [0.25, 0.3) is 0 Å². The Labute approximate surface area is 120 Å². The van der Waals surface area contributed by atoms with Crippen LogP contribution in [0.3, 0.4) is 0 Å². The van der Waals surface area contributed by atoms with Gasteiger partial charge in [0.1, 0.15) is 16.8 Å². The van der Waals surface area contributed by atoms with Gasteiger partial charge in [0, 0.05) is 25.1 Å². The quantitative estimate of drug-likeness (QED) is 0.750. The predicted octanol–water partition coefficient (Wildman–Crippen LogP) is 3.38. The van der Waals surface area contributed by atoms with E-state index < -0.39 is 0 Å². The second-order valence-corrected chi connectivity index (χ2v) is 5.06. The van der Waals surface area contributed by atoms with Crippen molar-refractivity contribution in [1.29, 1.82) is 5.26 Å². The smallest absolute Gasteiger partial charge is 0.137 e. The number of aryl methyl sites for hydroxylation is 1. The first kappa shape index (κ1) is 15.7. The molecule has 1 aromatic rings. The Bertz CT molecular complexity index is 467. The van der Waals surface area contributed by atoms with Crippen LogP contribution in [0.2, 0.25) is 5.15 Å². The number of anilines is 1. The van der Waals surface area contributed by atoms with E-state index in [0.717, 1.165) is 36.6 Å². The molecule has 1 atom stereocenters. The second kappa shape index (κ2) is 7.30. The summed E-state index contributed by atoms with van der Waals surface area (Å²) < 4.78 is 0. The summed E-state index contributed by atoms with van der Waals surface area (Å²) in [4.78, 5) is 11.0. The molecule has 1 heterocycles. The third-order valence-electron chi connectivity index (χ3n) is 2.98. The normalized spacial score (nSPS) is 12.0. The van der Waals surface area contributed by atoms with Crippen LogP contribution < -0.4 is 4.90 Å². The van der Waals surface area contributed by atoms with Gasteiger partial charge in [0.2, 0.25) is 0 Å². The fourth-order valence-electron chi connectivity index (χ4n) is 1.90. The average Bonchev–Trinajstić information content (AvgIpc) is 2.40. The van der Waals surface area contributed by atoms with Gasteiger partial charge in [0.15, 0.2) is 0 Å². The van der Waals surface area contributed by atoms with E-state index in [2.05, 4.69) is 34.8 Å². The lowest BCUT2D eigenvalue weighted by atomic mass is 10.2. The maximum absolute atomic E-state index is 8.95. The van der Waals surface area contributed by atoms with E-state index in [9.17, 15) is 0 Å². The number of hydrogen-bond donors (Lipinski definition) is 0. The van der Waals surface area contributed by atoms with Crippen LogP contribution in [0.5, 0.6) is 0 Å². The number of aromatic nitrogens is 2. The molecule has 1 aromatic heterocycles. The molecule has 1 unspecified atom stereocenters. The van der Waals surface area contributed by atoms with Gasteiger partial charge < -0.3 is 4.90 Å². The molecular formula is C14H21ClN4. The van der Waals surface area contributed by atoms with E-state index in [1.165, 1.54) is 0 Å². The van der Waals surface area contributed by atoms with E-state index >= 15 is 0 Å². The molecule has 1 rings (SSSR count). The van der Waals surface area contributed by atoms with Crippen molar-refractivity contribution in [3.63, 3.8) is 0 Å². The molecule has 0 aromatic carbocycles. The monoisotopic (exact) mass is 280 g/mol. The lowest BCUT2D eigenvalue weighted by Gasteiger charge is -2.25. The fraction of sp³-hybridized carbons (Fsp3) is 0.643. The molecule has 0 bridgehead atoms. The molecule has 0 saturated carbocycles. The molecule has 0 N–H and O–H groups in total. The standard InChI is InChI=1S/C14H21ClN4/c1-5-7-12-17-13(15)11(4)14(18-12)19(6-2)9-10(3)8-16/h10H,5-7,9H2,1-4H3. The molecule has 0 fully saturated rings. The van der Waals surface area contributed by atoms with Crippen molar-refractivity contribution in [2.75, 3.05) is 18.0 Å². The Hall–Kier alpha value is -1.34. The third kappa shape index (κ3) is 4.07. The highest BCUT2D eigenvalue weighted by atomic mass is 35.5. The van der Waals surface area contributed by atoms with Crippen LogP contribution >= 0.6 is 11.6 Å². The number of rotatable bonds is 6. The third-order valence-corrected chi connectivity index (χ3v) is 3.34. The van der Waals surface area contributed by atoms with Crippen LogP contribution in [0, 0.1) is 24.2 Å². The van der Waals surface area contributed by atoms with Crippen molar-refractivity contribution < 1.29 is 0 Å². The molecule has 0 aliphatic heterocycles. The van der Waals surface area contributed by atoms with Gasteiger partial charge in [-0.05, 0) is 27.2 Å². The Kier molecular flexibility index (Phi) is 6.04. The van der Waals surface area contributed by atoms with Gasteiger partial charge >= 0.3 is 0 Å². The summed E-state index contributed by atoms with van der Waals surface area (Å²) in [7, 11) is 0. The molecule has 0 aliphatic rings. The lowest BCUT2D eigenvalue weighted by Crippen LogP contribution is -2.29. The summed E-state index contributed by atoms with van der Waals surface area (Å²) in [5.74, 6) is 1.59. The van der Waals surface area contributed by atoms with E-state index in [0.29, 0.717) is 11.7 Å². The molecule has 4 nitrogen and oxygen atoms in total. The Morgan fingerprint density at radius 3 is 2.58 bits per heavy atom. The Morgan fingerprint density at radius 2 is 2.05 bits per heavy atom. The number of nitrogens with zero attached hydrogens (tertiary/aromatic N) is 4. The van der Waals surface area contributed by atoms with Crippen molar-refractivity contribution in [3.8, 4) is 6.07 Å².